The SMILES string of the molecule is CCCNCCCc1nnc(C2C(C)OC(C)C2C)o1. The summed E-state index contributed by atoms with van der Waals surface area (Å²) in [5, 5.41) is 11.8. The molecule has 0 aliphatic carbocycles. The van der Waals surface area contributed by atoms with Gasteiger partial charge in [-0.15, -0.1) is 10.2 Å². The molecule has 1 aliphatic heterocycles. The number of aromatic nitrogens is 2. The molecule has 0 saturated carbocycles. The molecule has 1 N–H and O–H groups in total. The van der Waals surface area contributed by atoms with Crippen LogP contribution >= 0.6 is 0 Å². The fourth-order valence-electron chi connectivity index (χ4n) is 2.86. The zero-order valence-electron chi connectivity index (χ0n) is 13.1. The second kappa shape index (κ2) is 7.18. The summed E-state index contributed by atoms with van der Waals surface area (Å²) in [7, 11) is 0. The van der Waals surface area contributed by atoms with E-state index in [2.05, 4.69) is 43.2 Å². The van der Waals surface area contributed by atoms with Crippen LogP contribution in [0.2, 0.25) is 0 Å². The zero-order chi connectivity index (χ0) is 14.5. The maximum Gasteiger partial charge on any atom is 0.222 e. The molecule has 2 heterocycles. The minimum absolute atomic E-state index is 0.152. The molecule has 114 valence electrons. The Morgan fingerprint density at radius 1 is 1.10 bits per heavy atom. The first-order chi connectivity index (χ1) is 9.63. The van der Waals surface area contributed by atoms with Crippen molar-refractivity contribution in [1.82, 2.24) is 15.5 Å². The smallest absolute Gasteiger partial charge is 0.222 e. The Balaban J connectivity index is 1.86. The molecular weight excluding hydrogens is 254 g/mol. The minimum atomic E-state index is 0.152. The first-order valence-electron chi connectivity index (χ1n) is 7.82. The van der Waals surface area contributed by atoms with Crippen molar-refractivity contribution in [2.45, 2.75) is 65.1 Å². The van der Waals surface area contributed by atoms with Gasteiger partial charge in [0.05, 0.1) is 18.1 Å². The zero-order valence-corrected chi connectivity index (χ0v) is 13.1. The van der Waals surface area contributed by atoms with Gasteiger partial charge in [0.15, 0.2) is 0 Å². The van der Waals surface area contributed by atoms with Crippen molar-refractivity contribution in [3.8, 4) is 0 Å². The van der Waals surface area contributed by atoms with Gasteiger partial charge in [-0.05, 0) is 45.7 Å². The molecule has 0 radical (unpaired) electrons. The van der Waals surface area contributed by atoms with E-state index < -0.39 is 0 Å². The highest BCUT2D eigenvalue weighted by Crippen LogP contribution is 2.39. The van der Waals surface area contributed by atoms with E-state index in [9.17, 15) is 0 Å². The Kier molecular flexibility index (Phi) is 5.54. The van der Waals surface area contributed by atoms with Crippen molar-refractivity contribution >= 4 is 0 Å². The molecule has 1 aromatic heterocycles. The Hall–Kier alpha value is -0.940. The molecule has 2 rings (SSSR count). The Bertz CT molecular complexity index is 408. The minimum Gasteiger partial charge on any atom is -0.425 e. The molecule has 1 fully saturated rings. The highest BCUT2D eigenvalue weighted by molar-refractivity contribution is 5.02. The van der Waals surface area contributed by atoms with Gasteiger partial charge in [-0.3, -0.25) is 0 Å². The van der Waals surface area contributed by atoms with Crippen LogP contribution < -0.4 is 5.32 Å². The lowest BCUT2D eigenvalue weighted by molar-refractivity contribution is 0.0544. The molecule has 4 atom stereocenters. The molecule has 1 aromatic rings. The lowest BCUT2D eigenvalue weighted by Crippen LogP contribution is -2.16. The summed E-state index contributed by atoms with van der Waals surface area (Å²) in [5.41, 5.74) is 0. The van der Waals surface area contributed by atoms with Crippen molar-refractivity contribution in [2.24, 2.45) is 5.92 Å². The van der Waals surface area contributed by atoms with Gasteiger partial charge in [0.2, 0.25) is 11.8 Å². The van der Waals surface area contributed by atoms with Crippen LogP contribution in [-0.2, 0) is 11.2 Å². The second-order valence-electron chi connectivity index (χ2n) is 5.82. The maximum absolute atomic E-state index is 5.84. The number of hydrogen-bond donors (Lipinski definition) is 1. The number of hydrogen-bond acceptors (Lipinski definition) is 5. The molecule has 5 nitrogen and oxygen atoms in total. The summed E-state index contributed by atoms with van der Waals surface area (Å²) in [6, 6.07) is 0. The highest BCUT2D eigenvalue weighted by atomic mass is 16.5. The Morgan fingerprint density at radius 3 is 2.55 bits per heavy atom. The van der Waals surface area contributed by atoms with Crippen molar-refractivity contribution in [3.05, 3.63) is 11.8 Å². The average Bonchev–Trinajstić information content (AvgIpc) is 2.95. The lowest BCUT2D eigenvalue weighted by atomic mass is 9.89. The van der Waals surface area contributed by atoms with Gasteiger partial charge in [-0.25, -0.2) is 0 Å². The van der Waals surface area contributed by atoms with Gasteiger partial charge in [0.25, 0.3) is 0 Å². The predicted molar refractivity (Wildman–Crippen MR) is 77.7 cm³/mol. The van der Waals surface area contributed by atoms with Crippen LogP contribution in [0.4, 0.5) is 0 Å². The molecule has 1 saturated heterocycles. The number of aryl methyl sites for hydroxylation is 1. The number of nitrogens with zero attached hydrogens (tertiary/aromatic N) is 2. The van der Waals surface area contributed by atoms with Crippen LogP contribution in [0.3, 0.4) is 0 Å². The molecule has 5 heteroatoms. The molecular formula is C15H27N3O2. The fraction of sp³-hybridized carbons (Fsp3) is 0.867. The van der Waals surface area contributed by atoms with Crippen LogP contribution in [0.15, 0.2) is 4.42 Å². The van der Waals surface area contributed by atoms with Crippen molar-refractivity contribution in [1.29, 1.82) is 0 Å². The van der Waals surface area contributed by atoms with E-state index in [0.29, 0.717) is 5.92 Å². The van der Waals surface area contributed by atoms with Gasteiger partial charge in [-0.1, -0.05) is 13.8 Å². The van der Waals surface area contributed by atoms with E-state index in [1.807, 2.05) is 0 Å². The van der Waals surface area contributed by atoms with E-state index in [1.165, 1.54) is 6.42 Å². The normalized spacial score (nSPS) is 30.0. The number of nitrogens with one attached hydrogen (secondary N) is 1. The summed E-state index contributed by atoms with van der Waals surface area (Å²) >= 11 is 0. The first kappa shape index (κ1) is 15.4. The number of rotatable bonds is 7. The van der Waals surface area contributed by atoms with E-state index in [1.54, 1.807) is 0 Å². The molecule has 0 aromatic carbocycles. The van der Waals surface area contributed by atoms with Crippen LogP contribution in [0.5, 0.6) is 0 Å². The summed E-state index contributed by atoms with van der Waals surface area (Å²) in [6.45, 7) is 10.6. The summed E-state index contributed by atoms with van der Waals surface area (Å²) in [4.78, 5) is 0. The number of ether oxygens (including phenoxy) is 1. The summed E-state index contributed by atoms with van der Waals surface area (Å²) in [5.74, 6) is 2.14. The molecule has 0 bridgehead atoms. The van der Waals surface area contributed by atoms with Crippen LogP contribution in [0, 0.1) is 5.92 Å². The van der Waals surface area contributed by atoms with Crippen LogP contribution in [0.25, 0.3) is 0 Å². The van der Waals surface area contributed by atoms with Crippen molar-refractivity contribution in [3.63, 3.8) is 0 Å². The van der Waals surface area contributed by atoms with E-state index in [-0.39, 0.29) is 18.1 Å². The van der Waals surface area contributed by atoms with Crippen LogP contribution in [-0.4, -0.2) is 35.5 Å². The molecule has 0 amide bonds. The van der Waals surface area contributed by atoms with E-state index in [0.717, 1.165) is 37.7 Å². The Morgan fingerprint density at radius 2 is 1.90 bits per heavy atom. The largest absolute Gasteiger partial charge is 0.425 e. The first-order valence-corrected chi connectivity index (χ1v) is 7.82. The predicted octanol–water partition coefficient (Wildman–Crippen LogP) is 2.53. The third kappa shape index (κ3) is 3.58. The summed E-state index contributed by atoms with van der Waals surface area (Å²) in [6.07, 6.45) is 3.45. The van der Waals surface area contributed by atoms with Crippen LogP contribution in [0.1, 0.15) is 58.2 Å². The van der Waals surface area contributed by atoms with Crippen molar-refractivity contribution in [2.75, 3.05) is 13.1 Å². The maximum atomic E-state index is 5.84. The van der Waals surface area contributed by atoms with Gasteiger partial charge < -0.3 is 14.5 Å². The van der Waals surface area contributed by atoms with E-state index in [4.69, 9.17) is 9.15 Å². The standard InChI is InChI=1S/C15H27N3O2/c1-5-8-16-9-6-7-13-17-18-15(20-13)14-10(2)11(3)19-12(14)4/h10-12,14,16H,5-9H2,1-4H3. The lowest BCUT2D eigenvalue weighted by Gasteiger charge is -2.13. The third-order valence-corrected chi connectivity index (χ3v) is 4.18. The van der Waals surface area contributed by atoms with Gasteiger partial charge in [-0.2, -0.15) is 0 Å². The quantitative estimate of drug-likeness (QED) is 0.778. The van der Waals surface area contributed by atoms with Gasteiger partial charge in [0.1, 0.15) is 0 Å². The molecule has 1 aliphatic rings. The molecule has 4 unspecified atom stereocenters. The summed E-state index contributed by atoms with van der Waals surface area (Å²) < 4.78 is 11.7. The van der Waals surface area contributed by atoms with Gasteiger partial charge >= 0.3 is 0 Å². The monoisotopic (exact) mass is 281 g/mol. The van der Waals surface area contributed by atoms with Gasteiger partial charge in [0, 0.05) is 6.42 Å². The van der Waals surface area contributed by atoms with Crippen molar-refractivity contribution < 1.29 is 9.15 Å². The fourth-order valence-corrected chi connectivity index (χ4v) is 2.86. The second-order valence-corrected chi connectivity index (χ2v) is 5.82. The third-order valence-electron chi connectivity index (χ3n) is 4.18. The Labute approximate surface area is 121 Å². The van der Waals surface area contributed by atoms with E-state index >= 15 is 0 Å². The average molecular weight is 281 g/mol. The molecule has 0 spiro atoms. The highest BCUT2D eigenvalue weighted by Gasteiger charge is 2.41. The molecule has 20 heavy (non-hydrogen) atoms. The topological polar surface area (TPSA) is 60.2 Å².